The van der Waals surface area contributed by atoms with E-state index in [4.69, 9.17) is 16.4 Å². The van der Waals surface area contributed by atoms with Crippen molar-refractivity contribution in [3.8, 4) is 0 Å². The molecule has 3 atom stereocenters. The van der Waals surface area contributed by atoms with Gasteiger partial charge in [-0.15, -0.1) is 0 Å². The van der Waals surface area contributed by atoms with Crippen molar-refractivity contribution < 1.29 is 27.6 Å². The first-order valence-corrected chi connectivity index (χ1v) is 10.5. The summed E-state index contributed by atoms with van der Waals surface area (Å²) in [4.78, 5) is 33.6. The predicted molar refractivity (Wildman–Crippen MR) is 115 cm³/mol. The Bertz CT molecular complexity index is 1230. The van der Waals surface area contributed by atoms with Crippen molar-refractivity contribution in [1.29, 1.82) is 0 Å². The van der Waals surface area contributed by atoms with Crippen molar-refractivity contribution in [2.45, 2.75) is 18.3 Å². The largest absolute Gasteiger partial charge is 0.416 e. The average molecular weight is 473 g/mol. The number of hydrogen-bond acceptors (Lipinski definition) is 4. The zero-order chi connectivity index (χ0) is 23.3. The number of imide groups is 1. The molecule has 0 saturated carbocycles. The third kappa shape index (κ3) is 3.55. The first-order valence-electron chi connectivity index (χ1n) is 10.1. The Kier molecular flexibility index (Phi) is 5.14. The number of halogens is 4. The Balaban J connectivity index is 1.62. The minimum absolute atomic E-state index is 0.203. The summed E-state index contributed by atoms with van der Waals surface area (Å²) >= 11 is 6.22. The lowest BCUT2D eigenvalue weighted by Crippen LogP contribution is -2.37. The fourth-order valence-electron chi connectivity index (χ4n) is 4.32. The second kappa shape index (κ2) is 7.90. The highest BCUT2D eigenvalue weighted by Crippen LogP contribution is 2.48. The third-order valence-electron chi connectivity index (χ3n) is 5.77. The molecule has 2 heterocycles. The van der Waals surface area contributed by atoms with E-state index >= 15 is 0 Å². The Labute approximate surface area is 191 Å². The standard InChI is InChI=1S/C24H16ClF3N2O3/c25-17-11-4-5-12-18(17)29-22(31)19-20(14-7-6-8-15(13-14)24(26,27)28)30(33-21(19)23(29)32)16-9-2-1-3-10-16/h1-13,19-21H/t19-,20+,21-/m0/s1. The molecule has 0 radical (unpaired) electrons. The van der Waals surface area contributed by atoms with Gasteiger partial charge >= 0.3 is 6.18 Å². The van der Waals surface area contributed by atoms with Gasteiger partial charge in [0.2, 0.25) is 5.91 Å². The number of nitrogens with zero attached hydrogens (tertiary/aromatic N) is 2. The summed E-state index contributed by atoms with van der Waals surface area (Å²) < 4.78 is 40.3. The van der Waals surface area contributed by atoms with Crippen LogP contribution in [0.15, 0.2) is 78.9 Å². The van der Waals surface area contributed by atoms with Crippen LogP contribution in [0.2, 0.25) is 5.02 Å². The van der Waals surface area contributed by atoms with E-state index in [1.54, 1.807) is 48.5 Å². The maximum atomic E-state index is 13.5. The normalized spacial score (nSPS) is 22.7. The van der Waals surface area contributed by atoms with Crippen molar-refractivity contribution in [2.24, 2.45) is 5.92 Å². The smallest absolute Gasteiger partial charge is 0.273 e. The van der Waals surface area contributed by atoms with E-state index in [2.05, 4.69) is 0 Å². The minimum Gasteiger partial charge on any atom is -0.273 e. The van der Waals surface area contributed by atoms with E-state index in [1.165, 1.54) is 23.3 Å². The Morgan fingerprint density at radius 2 is 1.55 bits per heavy atom. The number of carbonyl (C=O) groups is 2. The lowest BCUT2D eigenvalue weighted by Gasteiger charge is -2.29. The van der Waals surface area contributed by atoms with E-state index < -0.39 is 41.6 Å². The van der Waals surface area contributed by atoms with Gasteiger partial charge in [0.1, 0.15) is 5.92 Å². The van der Waals surface area contributed by atoms with Gasteiger partial charge in [0.25, 0.3) is 5.91 Å². The zero-order valence-corrected chi connectivity index (χ0v) is 17.6. The van der Waals surface area contributed by atoms with Gasteiger partial charge in [-0.05, 0) is 42.0 Å². The number of anilines is 2. The monoisotopic (exact) mass is 472 g/mol. The highest BCUT2D eigenvalue weighted by atomic mass is 35.5. The molecule has 5 nitrogen and oxygen atoms in total. The van der Waals surface area contributed by atoms with E-state index in [9.17, 15) is 22.8 Å². The summed E-state index contributed by atoms with van der Waals surface area (Å²) in [5, 5.41) is 1.56. The molecule has 2 amide bonds. The molecule has 3 aromatic rings. The van der Waals surface area contributed by atoms with Crippen molar-refractivity contribution >= 4 is 34.8 Å². The number of hydrogen-bond donors (Lipinski definition) is 0. The van der Waals surface area contributed by atoms with Crippen molar-refractivity contribution in [2.75, 3.05) is 9.96 Å². The zero-order valence-electron chi connectivity index (χ0n) is 16.9. The number of para-hydroxylation sites is 2. The molecule has 0 spiro atoms. The van der Waals surface area contributed by atoms with Crippen LogP contribution in [0.4, 0.5) is 24.5 Å². The van der Waals surface area contributed by atoms with Gasteiger partial charge in [0.05, 0.1) is 28.0 Å². The first kappa shape index (κ1) is 21.5. The quantitative estimate of drug-likeness (QED) is 0.478. The van der Waals surface area contributed by atoms with E-state index in [-0.39, 0.29) is 16.3 Å². The second-order valence-corrected chi connectivity index (χ2v) is 8.15. The topological polar surface area (TPSA) is 49.9 Å². The molecule has 9 heteroatoms. The molecule has 2 fully saturated rings. The van der Waals surface area contributed by atoms with Crippen LogP contribution in [0.1, 0.15) is 17.2 Å². The average Bonchev–Trinajstić information content (AvgIpc) is 3.31. The Morgan fingerprint density at radius 1 is 0.848 bits per heavy atom. The van der Waals surface area contributed by atoms with Crippen LogP contribution in [0.3, 0.4) is 0 Å². The van der Waals surface area contributed by atoms with Gasteiger partial charge < -0.3 is 0 Å². The fraction of sp³-hybridized carbons (Fsp3) is 0.167. The fourth-order valence-corrected chi connectivity index (χ4v) is 4.54. The summed E-state index contributed by atoms with van der Waals surface area (Å²) in [6, 6.07) is 18.8. The van der Waals surface area contributed by atoms with E-state index in [1.807, 2.05) is 0 Å². The summed E-state index contributed by atoms with van der Waals surface area (Å²) in [5.74, 6) is -2.26. The van der Waals surface area contributed by atoms with Crippen LogP contribution < -0.4 is 9.96 Å². The van der Waals surface area contributed by atoms with Gasteiger partial charge in [-0.2, -0.15) is 13.2 Å². The Hall–Kier alpha value is -3.36. The van der Waals surface area contributed by atoms with Gasteiger partial charge in [-0.25, -0.2) is 9.96 Å². The number of fused-ring (bicyclic) bond motifs is 1. The van der Waals surface area contributed by atoms with Crippen LogP contribution in [-0.2, 0) is 20.6 Å². The first-order chi connectivity index (χ1) is 15.8. The number of alkyl halides is 3. The predicted octanol–water partition coefficient (Wildman–Crippen LogP) is 5.41. The van der Waals surface area contributed by atoms with E-state index in [0.29, 0.717) is 5.69 Å². The van der Waals surface area contributed by atoms with Gasteiger partial charge in [0, 0.05) is 0 Å². The highest BCUT2D eigenvalue weighted by molar-refractivity contribution is 6.36. The minimum atomic E-state index is -4.56. The van der Waals surface area contributed by atoms with Crippen LogP contribution in [0, 0.1) is 5.92 Å². The molecule has 5 rings (SSSR count). The molecule has 0 unspecified atom stereocenters. The molecule has 0 aliphatic carbocycles. The Morgan fingerprint density at radius 3 is 2.24 bits per heavy atom. The molecular formula is C24H16ClF3N2O3. The van der Waals surface area contributed by atoms with Crippen LogP contribution >= 0.6 is 11.6 Å². The van der Waals surface area contributed by atoms with E-state index in [0.717, 1.165) is 17.0 Å². The number of benzene rings is 3. The number of rotatable bonds is 3. The number of carbonyl (C=O) groups excluding carboxylic acids is 2. The molecule has 168 valence electrons. The summed E-state index contributed by atoms with van der Waals surface area (Å²) in [5.41, 5.74) is 0.0833. The maximum Gasteiger partial charge on any atom is 0.416 e. The summed E-state index contributed by atoms with van der Waals surface area (Å²) in [7, 11) is 0. The van der Waals surface area contributed by atoms with Gasteiger partial charge in [0.15, 0.2) is 6.10 Å². The van der Waals surface area contributed by atoms with Crippen molar-refractivity contribution in [3.63, 3.8) is 0 Å². The number of hydroxylamine groups is 1. The van der Waals surface area contributed by atoms with Crippen molar-refractivity contribution in [3.05, 3.63) is 95.0 Å². The van der Waals surface area contributed by atoms with Gasteiger partial charge in [-0.1, -0.05) is 54.1 Å². The molecule has 3 aromatic carbocycles. The lowest BCUT2D eigenvalue weighted by atomic mass is 9.89. The SMILES string of the molecule is O=C1[C@@H]2[C@H](ON(c3ccccc3)[C@@H]2c2cccc(C(F)(F)F)c2)C(=O)N1c1ccccc1Cl. The number of amides is 2. The van der Waals surface area contributed by atoms with Crippen LogP contribution in [-0.4, -0.2) is 17.9 Å². The molecule has 0 aromatic heterocycles. The third-order valence-corrected chi connectivity index (χ3v) is 6.09. The lowest BCUT2D eigenvalue weighted by molar-refractivity contribution is -0.137. The molecule has 2 aliphatic heterocycles. The van der Waals surface area contributed by atoms with Crippen LogP contribution in [0.25, 0.3) is 0 Å². The molecule has 0 N–H and O–H groups in total. The maximum absolute atomic E-state index is 13.5. The molecule has 33 heavy (non-hydrogen) atoms. The van der Waals surface area contributed by atoms with Gasteiger partial charge in [-0.3, -0.25) is 14.4 Å². The molecule has 0 bridgehead atoms. The van der Waals surface area contributed by atoms with Crippen molar-refractivity contribution in [1.82, 2.24) is 0 Å². The molecule has 2 saturated heterocycles. The summed E-state index contributed by atoms with van der Waals surface area (Å²) in [6.07, 6.45) is -5.76. The molecule has 2 aliphatic rings. The summed E-state index contributed by atoms with van der Waals surface area (Å²) in [6.45, 7) is 0. The highest BCUT2D eigenvalue weighted by Gasteiger charge is 2.60. The molecular weight excluding hydrogens is 457 g/mol. The van der Waals surface area contributed by atoms with Crippen LogP contribution in [0.5, 0.6) is 0 Å². The second-order valence-electron chi connectivity index (χ2n) is 7.74.